The van der Waals surface area contributed by atoms with Crippen LogP contribution in [-0.4, -0.2) is 39.7 Å². The summed E-state index contributed by atoms with van der Waals surface area (Å²) in [6.07, 6.45) is 1.85. The van der Waals surface area contributed by atoms with Gasteiger partial charge in [0, 0.05) is 24.8 Å². The van der Waals surface area contributed by atoms with Gasteiger partial charge in [-0.15, -0.1) is 0 Å². The van der Waals surface area contributed by atoms with Crippen molar-refractivity contribution < 1.29 is 4.79 Å². The molecule has 0 aliphatic carbocycles. The molecule has 0 saturated carbocycles. The summed E-state index contributed by atoms with van der Waals surface area (Å²) >= 11 is 1.37. The zero-order valence-corrected chi connectivity index (χ0v) is 12.1. The normalized spacial score (nSPS) is 10.4. The van der Waals surface area contributed by atoms with Gasteiger partial charge in [-0.2, -0.15) is 0 Å². The summed E-state index contributed by atoms with van der Waals surface area (Å²) in [7, 11) is 0. The number of hydrogen-bond donors (Lipinski definition) is 0. The third-order valence-electron chi connectivity index (χ3n) is 2.69. The molecule has 1 rings (SSSR count). The van der Waals surface area contributed by atoms with Crippen LogP contribution in [0.1, 0.15) is 19.5 Å². The average molecular weight is 269 g/mol. The minimum Gasteiger partial charge on any atom is -0.342 e. The molecule has 0 fully saturated rings. The lowest BCUT2D eigenvalue weighted by Gasteiger charge is -2.20. The number of aromatic nitrogens is 2. The molecule has 0 radical (unpaired) electrons. The molecule has 0 bridgehead atoms. The summed E-state index contributed by atoms with van der Waals surface area (Å²) in [6, 6.07) is 1.45. The molecule has 1 aromatic rings. The van der Waals surface area contributed by atoms with Crippen molar-refractivity contribution in [1.82, 2.24) is 14.5 Å². The molecule has 100 valence electrons. The van der Waals surface area contributed by atoms with E-state index < -0.39 is 0 Å². The van der Waals surface area contributed by atoms with Crippen LogP contribution < -0.4 is 5.56 Å². The molecule has 0 unspecified atom stereocenters. The van der Waals surface area contributed by atoms with Crippen LogP contribution in [0.25, 0.3) is 0 Å². The maximum absolute atomic E-state index is 12.0. The molecule has 1 aromatic heterocycles. The first kappa shape index (κ1) is 14.8. The smallest absolute Gasteiger partial charge is 0.254 e. The molecule has 18 heavy (non-hydrogen) atoms. The second-order valence-corrected chi connectivity index (χ2v) is 4.65. The predicted molar refractivity (Wildman–Crippen MR) is 72.9 cm³/mol. The Balaban J connectivity index is 3.04. The first-order valence-electron chi connectivity index (χ1n) is 5.93. The average Bonchev–Trinajstić information content (AvgIpc) is 2.33. The van der Waals surface area contributed by atoms with Crippen LogP contribution in [0.2, 0.25) is 0 Å². The maximum Gasteiger partial charge on any atom is 0.254 e. The standard InChI is InChI=1S/C12H19N3O2S/c1-5-14(6-2)11(17)8-15-10(16)7-9(3)13-12(15)18-4/h7H,5-6,8H2,1-4H3. The van der Waals surface area contributed by atoms with Gasteiger partial charge >= 0.3 is 0 Å². The monoisotopic (exact) mass is 269 g/mol. The van der Waals surface area contributed by atoms with Crippen LogP contribution in [0.15, 0.2) is 16.0 Å². The van der Waals surface area contributed by atoms with Gasteiger partial charge in [0.2, 0.25) is 5.91 Å². The maximum atomic E-state index is 12.0. The number of carbonyl (C=O) groups is 1. The molecule has 0 N–H and O–H groups in total. The number of aryl methyl sites for hydroxylation is 1. The summed E-state index contributed by atoms with van der Waals surface area (Å²) < 4.78 is 1.43. The van der Waals surface area contributed by atoms with Crippen molar-refractivity contribution in [2.24, 2.45) is 0 Å². The Kier molecular flexibility index (Phi) is 5.40. The highest BCUT2D eigenvalue weighted by atomic mass is 32.2. The topological polar surface area (TPSA) is 55.2 Å². The van der Waals surface area contributed by atoms with Crippen molar-refractivity contribution in [3.63, 3.8) is 0 Å². The van der Waals surface area contributed by atoms with Gasteiger partial charge in [-0.25, -0.2) is 4.98 Å². The molecule has 5 nitrogen and oxygen atoms in total. The first-order valence-corrected chi connectivity index (χ1v) is 7.16. The number of rotatable bonds is 5. The van der Waals surface area contributed by atoms with E-state index in [4.69, 9.17) is 0 Å². The van der Waals surface area contributed by atoms with E-state index in [2.05, 4.69) is 4.98 Å². The van der Waals surface area contributed by atoms with Crippen LogP contribution in [0.5, 0.6) is 0 Å². The van der Waals surface area contributed by atoms with Crippen LogP contribution in [0, 0.1) is 6.92 Å². The number of thioether (sulfide) groups is 1. The summed E-state index contributed by atoms with van der Waals surface area (Å²) in [5.41, 5.74) is 0.503. The molecule has 0 aliphatic heterocycles. The molecular formula is C12H19N3O2S. The molecule has 0 spiro atoms. The highest BCUT2D eigenvalue weighted by Gasteiger charge is 2.14. The van der Waals surface area contributed by atoms with Gasteiger partial charge in [-0.3, -0.25) is 14.2 Å². The van der Waals surface area contributed by atoms with Crippen LogP contribution in [-0.2, 0) is 11.3 Å². The number of hydrogen-bond acceptors (Lipinski definition) is 4. The Bertz CT molecular complexity index is 481. The lowest BCUT2D eigenvalue weighted by molar-refractivity contribution is -0.131. The van der Waals surface area contributed by atoms with Crippen molar-refractivity contribution in [3.05, 3.63) is 22.1 Å². The molecule has 1 amide bonds. The fourth-order valence-electron chi connectivity index (χ4n) is 1.71. The summed E-state index contributed by atoms with van der Waals surface area (Å²) in [4.78, 5) is 29.9. The SMILES string of the molecule is CCN(CC)C(=O)Cn1c(SC)nc(C)cc1=O. The Morgan fingerprint density at radius 1 is 1.44 bits per heavy atom. The van der Waals surface area contributed by atoms with Crippen molar-refractivity contribution in [2.75, 3.05) is 19.3 Å². The zero-order valence-electron chi connectivity index (χ0n) is 11.3. The van der Waals surface area contributed by atoms with Crippen molar-refractivity contribution in [1.29, 1.82) is 0 Å². The lowest BCUT2D eigenvalue weighted by atomic mass is 10.4. The van der Waals surface area contributed by atoms with E-state index in [0.717, 1.165) is 0 Å². The van der Waals surface area contributed by atoms with Gasteiger partial charge in [0.15, 0.2) is 5.16 Å². The molecule has 0 aromatic carbocycles. The Labute approximate surface area is 111 Å². The lowest BCUT2D eigenvalue weighted by Crippen LogP contribution is -2.37. The number of amides is 1. The number of carbonyl (C=O) groups excluding carboxylic acids is 1. The van der Waals surface area contributed by atoms with Gasteiger partial charge in [0.1, 0.15) is 6.54 Å². The van der Waals surface area contributed by atoms with Gasteiger partial charge in [-0.05, 0) is 27.0 Å². The molecular weight excluding hydrogens is 250 g/mol. The van der Waals surface area contributed by atoms with E-state index in [1.165, 1.54) is 22.4 Å². The fraction of sp³-hybridized carbons (Fsp3) is 0.583. The molecule has 6 heteroatoms. The largest absolute Gasteiger partial charge is 0.342 e. The van der Waals surface area contributed by atoms with Crippen molar-refractivity contribution >= 4 is 17.7 Å². The second kappa shape index (κ2) is 6.58. The highest BCUT2D eigenvalue weighted by Crippen LogP contribution is 2.10. The third kappa shape index (κ3) is 3.35. The summed E-state index contributed by atoms with van der Waals surface area (Å²) in [5.74, 6) is -0.0527. The Hall–Kier alpha value is -1.30. The summed E-state index contributed by atoms with van der Waals surface area (Å²) in [5, 5.41) is 0.584. The van der Waals surface area contributed by atoms with Crippen molar-refractivity contribution in [2.45, 2.75) is 32.5 Å². The molecule has 1 heterocycles. The quantitative estimate of drug-likeness (QED) is 0.594. The van der Waals surface area contributed by atoms with Crippen LogP contribution in [0.4, 0.5) is 0 Å². The van der Waals surface area contributed by atoms with E-state index in [1.807, 2.05) is 20.1 Å². The van der Waals surface area contributed by atoms with Gasteiger partial charge in [0.25, 0.3) is 5.56 Å². The molecule has 0 atom stereocenters. The Morgan fingerprint density at radius 2 is 2.06 bits per heavy atom. The van der Waals surface area contributed by atoms with Crippen molar-refractivity contribution in [3.8, 4) is 0 Å². The van der Waals surface area contributed by atoms with E-state index in [9.17, 15) is 9.59 Å². The molecule has 0 saturated heterocycles. The van der Waals surface area contributed by atoms with Gasteiger partial charge in [0.05, 0.1) is 0 Å². The highest BCUT2D eigenvalue weighted by molar-refractivity contribution is 7.98. The first-order chi connectivity index (χ1) is 8.53. The second-order valence-electron chi connectivity index (χ2n) is 3.87. The minimum absolute atomic E-state index is 0.0527. The third-order valence-corrected chi connectivity index (χ3v) is 3.37. The zero-order chi connectivity index (χ0) is 13.7. The minimum atomic E-state index is -0.174. The van der Waals surface area contributed by atoms with Crippen LogP contribution >= 0.6 is 11.8 Å². The molecule has 0 aliphatic rings. The van der Waals surface area contributed by atoms with E-state index in [1.54, 1.807) is 11.8 Å². The van der Waals surface area contributed by atoms with E-state index in [0.29, 0.717) is 23.9 Å². The van der Waals surface area contributed by atoms with Crippen LogP contribution in [0.3, 0.4) is 0 Å². The number of likely N-dealkylation sites (N-methyl/N-ethyl adjacent to an activating group) is 1. The summed E-state index contributed by atoms with van der Waals surface area (Å²) in [6.45, 7) is 6.98. The van der Waals surface area contributed by atoms with Gasteiger partial charge in [-0.1, -0.05) is 11.8 Å². The van der Waals surface area contributed by atoms with Gasteiger partial charge < -0.3 is 4.90 Å². The predicted octanol–water partition coefficient (Wildman–Crippen LogP) is 1.14. The van der Waals surface area contributed by atoms with E-state index in [-0.39, 0.29) is 18.0 Å². The Morgan fingerprint density at radius 3 is 2.56 bits per heavy atom. The van der Waals surface area contributed by atoms with E-state index >= 15 is 0 Å². The fourth-order valence-corrected chi connectivity index (χ4v) is 2.32. The number of nitrogens with zero attached hydrogens (tertiary/aromatic N) is 3.